The Kier molecular flexibility index (Phi) is 5.51. The van der Waals surface area contributed by atoms with Crippen LogP contribution in [0, 0.1) is 0 Å². The van der Waals surface area contributed by atoms with Gasteiger partial charge in [0.25, 0.3) is 5.91 Å². The molecule has 3 aromatic rings. The van der Waals surface area contributed by atoms with Crippen LogP contribution in [0.2, 0.25) is 5.02 Å². The van der Waals surface area contributed by atoms with E-state index < -0.39 is 17.6 Å². The lowest BCUT2D eigenvalue weighted by atomic mass is 10.1. The number of carbonyl (C=O) groups excluding carboxylic acids is 2. The molecule has 0 bridgehead atoms. The SMILES string of the molecule is COC(=O)Nc1cccc(C(=O)Nc2ccc3c(Cl)c(OC)oc(=O)c3c2)c1. The van der Waals surface area contributed by atoms with Crippen LogP contribution in [-0.4, -0.2) is 26.2 Å². The molecule has 0 spiro atoms. The normalized spacial score (nSPS) is 10.4. The molecule has 2 aromatic carbocycles. The minimum absolute atomic E-state index is 0.0779. The van der Waals surface area contributed by atoms with Gasteiger partial charge in [-0.3, -0.25) is 10.1 Å². The van der Waals surface area contributed by atoms with Crippen molar-refractivity contribution in [2.24, 2.45) is 0 Å². The predicted octanol–water partition coefficient (Wildman–Crippen LogP) is 3.89. The summed E-state index contributed by atoms with van der Waals surface area (Å²) in [5.41, 5.74) is 0.431. The smallest absolute Gasteiger partial charge is 0.411 e. The van der Waals surface area contributed by atoms with Crippen LogP contribution in [-0.2, 0) is 4.74 Å². The fraction of sp³-hybridized carbons (Fsp3) is 0.105. The molecule has 144 valence electrons. The zero-order valence-electron chi connectivity index (χ0n) is 14.9. The molecule has 0 aliphatic carbocycles. The van der Waals surface area contributed by atoms with E-state index in [-0.39, 0.29) is 16.4 Å². The monoisotopic (exact) mass is 402 g/mol. The quantitative estimate of drug-likeness (QED) is 0.685. The van der Waals surface area contributed by atoms with Crippen LogP contribution in [0.15, 0.2) is 51.7 Å². The van der Waals surface area contributed by atoms with Gasteiger partial charge in [0.1, 0.15) is 5.02 Å². The highest BCUT2D eigenvalue weighted by Crippen LogP contribution is 2.31. The number of amides is 2. The summed E-state index contributed by atoms with van der Waals surface area (Å²) in [6, 6.07) is 10.9. The number of rotatable bonds is 4. The Morgan fingerprint density at radius 1 is 1.00 bits per heavy atom. The summed E-state index contributed by atoms with van der Waals surface area (Å²) in [5, 5.41) is 5.96. The maximum absolute atomic E-state index is 12.5. The maximum atomic E-state index is 12.5. The first-order valence-electron chi connectivity index (χ1n) is 7.99. The second-order valence-corrected chi connectivity index (χ2v) is 5.98. The fourth-order valence-electron chi connectivity index (χ4n) is 2.52. The third-order valence-electron chi connectivity index (χ3n) is 3.84. The number of halogens is 1. The van der Waals surface area contributed by atoms with Crippen molar-refractivity contribution in [2.75, 3.05) is 24.9 Å². The highest BCUT2D eigenvalue weighted by molar-refractivity contribution is 6.36. The van der Waals surface area contributed by atoms with Crippen molar-refractivity contribution in [3.05, 3.63) is 63.5 Å². The summed E-state index contributed by atoms with van der Waals surface area (Å²) >= 11 is 6.15. The lowest BCUT2D eigenvalue weighted by Gasteiger charge is -2.09. The zero-order valence-corrected chi connectivity index (χ0v) is 15.6. The van der Waals surface area contributed by atoms with Crippen LogP contribution in [0.25, 0.3) is 10.8 Å². The third kappa shape index (κ3) is 3.91. The van der Waals surface area contributed by atoms with E-state index in [4.69, 9.17) is 20.8 Å². The van der Waals surface area contributed by atoms with Crippen LogP contribution < -0.4 is 21.0 Å². The van der Waals surface area contributed by atoms with E-state index in [1.807, 2.05) is 0 Å². The van der Waals surface area contributed by atoms with Gasteiger partial charge in [-0.05, 0) is 30.3 Å². The van der Waals surface area contributed by atoms with Crippen molar-refractivity contribution in [1.29, 1.82) is 0 Å². The highest BCUT2D eigenvalue weighted by Gasteiger charge is 2.14. The maximum Gasteiger partial charge on any atom is 0.411 e. The number of carbonyl (C=O) groups is 2. The van der Waals surface area contributed by atoms with Crippen LogP contribution in [0.5, 0.6) is 5.95 Å². The molecule has 1 heterocycles. The van der Waals surface area contributed by atoms with Crippen LogP contribution in [0.3, 0.4) is 0 Å². The van der Waals surface area contributed by atoms with Gasteiger partial charge in [0.2, 0.25) is 0 Å². The number of hydrogen-bond donors (Lipinski definition) is 2. The number of benzene rings is 2. The number of anilines is 2. The molecular formula is C19H15ClN2O6. The zero-order chi connectivity index (χ0) is 20.3. The fourth-order valence-corrected chi connectivity index (χ4v) is 2.80. The molecule has 2 amide bonds. The topological polar surface area (TPSA) is 107 Å². The molecule has 0 saturated carbocycles. The highest BCUT2D eigenvalue weighted by atomic mass is 35.5. The minimum Gasteiger partial charge on any atom is -0.467 e. The van der Waals surface area contributed by atoms with Gasteiger partial charge in [-0.25, -0.2) is 9.59 Å². The van der Waals surface area contributed by atoms with Gasteiger partial charge in [0.05, 0.1) is 19.6 Å². The predicted molar refractivity (Wildman–Crippen MR) is 104 cm³/mol. The summed E-state index contributed by atoms with van der Waals surface area (Å²) in [6.07, 6.45) is -0.647. The summed E-state index contributed by atoms with van der Waals surface area (Å²) in [4.78, 5) is 35.9. The number of methoxy groups -OCH3 is 2. The molecule has 3 rings (SSSR count). The van der Waals surface area contributed by atoms with Crippen molar-refractivity contribution in [1.82, 2.24) is 0 Å². The van der Waals surface area contributed by atoms with Crippen molar-refractivity contribution >= 4 is 45.7 Å². The third-order valence-corrected chi connectivity index (χ3v) is 4.20. The molecule has 9 heteroatoms. The summed E-state index contributed by atoms with van der Waals surface area (Å²) in [7, 11) is 2.58. The molecule has 0 aliphatic rings. The van der Waals surface area contributed by atoms with E-state index in [0.29, 0.717) is 22.3 Å². The molecule has 0 radical (unpaired) electrons. The Hall–Kier alpha value is -3.52. The largest absolute Gasteiger partial charge is 0.467 e. The molecule has 1 aromatic heterocycles. The van der Waals surface area contributed by atoms with Crippen LogP contribution in [0.4, 0.5) is 16.2 Å². The van der Waals surface area contributed by atoms with Gasteiger partial charge in [-0.1, -0.05) is 23.7 Å². The molecule has 0 saturated heterocycles. The average Bonchev–Trinajstić information content (AvgIpc) is 2.70. The van der Waals surface area contributed by atoms with Gasteiger partial charge in [0, 0.05) is 22.3 Å². The Morgan fingerprint density at radius 2 is 1.75 bits per heavy atom. The molecule has 28 heavy (non-hydrogen) atoms. The summed E-state index contributed by atoms with van der Waals surface area (Å²) in [6.45, 7) is 0. The van der Waals surface area contributed by atoms with Gasteiger partial charge in [0.15, 0.2) is 0 Å². The molecule has 0 unspecified atom stereocenters. The van der Waals surface area contributed by atoms with Gasteiger partial charge in [-0.2, -0.15) is 0 Å². The van der Waals surface area contributed by atoms with Gasteiger partial charge in [-0.15, -0.1) is 0 Å². The molecule has 0 aliphatic heterocycles. The van der Waals surface area contributed by atoms with E-state index in [2.05, 4.69) is 15.4 Å². The number of hydrogen-bond acceptors (Lipinski definition) is 6. The second kappa shape index (κ2) is 8.01. The lowest BCUT2D eigenvalue weighted by molar-refractivity contribution is 0.102. The summed E-state index contributed by atoms with van der Waals surface area (Å²) in [5.74, 6) is -0.511. The first kappa shape index (κ1) is 19.2. The Bertz CT molecular complexity index is 1130. The van der Waals surface area contributed by atoms with E-state index >= 15 is 0 Å². The van der Waals surface area contributed by atoms with Crippen LogP contribution in [0.1, 0.15) is 10.4 Å². The van der Waals surface area contributed by atoms with E-state index in [9.17, 15) is 14.4 Å². The Morgan fingerprint density at radius 3 is 2.46 bits per heavy atom. The first-order valence-corrected chi connectivity index (χ1v) is 8.37. The summed E-state index contributed by atoms with van der Waals surface area (Å²) < 4.78 is 14.4. The first-order chi connectivity index (χ1) is 13.4. The van der Waals surface area contributed by atoms with E-state index in [1.54, 1.807) is 30.3 Å². The number of fused-ring (bicyclic) bond motifs is 1. The number of ether oxygens (including phenoxy) is 2. The Labute approximate surface area is 164 Å². The Balaban J connectivity index is 1.87. The molecule has 2 N–H and O–H groups in total. The van der Waals surface area contributed by atoms with Crippen molar-refractivity contribution in [3.63, 3.8) is 0 Å². The average molecular weight is 403 g/mol. The molecule has 8 nitrogen and oxygen atoms in total. The number of nitrogens with one attached hydrogen (secondary N) is 2. The van der Waals surface area contributed by atoms with E-state index in [1.165, 1.54) is 26.4 Å². The van der Waals surface area contributed by atoms with Crippen molar-refractivity contribution < 1.29 is 23.5 Å². The van der Waals surface area contributed by atoms with Gasteiger partial charge >= 0.3 is 17.7 Å². The molecule has 0 atom stereocenters. The lowest BCUT2D eigenvalue weighted by Crippen LogP contribution is -2.14. The van der Waals surface area contributed by atoms with Crippen LogP contribution >= 0.6 is 11.6 Å². The minimum atomic E-state index is -0.647. The van der Waals surface area contributed by atoms with Crippen molar-refractivity contribution in [2.45, 2.75) is 0 Å². The second-order valence-electron chi connectivity index (χ2n) is 5.61. The molecular weight excluding hydrogens is 388 g/mol. The molecule has 0 fully saturated rings. The van der Waals surface area contributed by atoms with Gasteiger partial charge < -0.3 is 19.2 Å². The van der Waals surface area contributed by atoms with Crippen molar-refractivity contribution in [3.8, 4) is 5.95 Å². The van der Waals surface area contributed by atoms with E-state index in [0.717, 1.165) is 0 Å². The standard InChI is InChI=1S/C19H15ClN2O6/c1-26-18-15(20)13-7-6-12(9-14(13)17(24)28-18)21-16(23)10-4-3-5-11(8-10)22-19(25)27-2/h3-9H,1-2H3,(H,21,23)(H,22,25).